The molecule has 0 saturated heterocycles. The van der Waals surface area contributed by atoms with E-state index in [0.29, 0.717) is 12.4 Å². The topological polar surface area (TPSA) is 74.2 Å². The molecule has 20 heavy (non-hydrogen) atoms. The molecule has 1 heterocycles. The molecule has 0 aliphatic carbocycles. The summed E-state index contributed by atoms with van der Waals surface area (Å²) in [5.74, 6) is 0.462. The smallest absolute Gasteiger partial charge is 0.128 e. The minimum atomic E-state index is -0.343. The van der Waals surface area contributed by atoms with Gasteiger partial charge < -0.3 is 16.2 Å². The molecule has 4 N–H and O–H groups in total. The number of rotatable bonds is 5. The third kappa shape index (κ3) is 3.15. The predicted molar refractivity (Wildman–Crippen MR) is 81.1 cm³/mol. The molecule has 0 aliphatic rings. The lowest BCUT2D eigenvalue weighted by Gasteiger charge is -2.25. The van der Waals surface area contributed by atoms with Crippen molar-refractivity contribution in [2.24, 2.45) is 5.73 Å². The fourth-order valence-electron chi connectivity index (χ4n) is 2.26. The third-order valence-electron chi connectivity index (χ3n) is 3.25. The van der Waals surface area contributed by atoms with Crippen molar-refractivity contribution in [2.45, 2.75) is 26.0 Å². The molecule has 0 aliphatic heterocycles. The zero-order valence-corrected chi connectivity index (χ0v) is 11.9. The lowest BCUT2D eigenvalue weighted by molar-refractivity contribution is 0.0430. The van der Waals surface area contributed by atoms with Crippen molar-refractivity contribution in [2.75, 3.05) is 12.3 Å². The standard InChI is InChI=1S/C16H21N3O/c1-3-20-15(12-7-5-4-6-8-12)14(17)13-9-11(2)10-19-16(13)18/h4-10,14-15H,3,17H2,1-2H3,(H2,18,19). The van der Waals surface area contributed by atoms with Gasteiger partial charge in [0, 0.05) is 18.4 Å². The van der Waals surface area contributed by atoms with Gasteiger partial charge in [0.2, 0.25) is 0 Å². The van der Waals surface area contributed by atoms with Crippen molar-refractivity contribution in [1.29, 1.82) is 0 Å². The van der Waals surface area contributed by atoms with Crippen LogP contribution in [-0.2, 0) is 4.74 Å². The van der Waals surface area contributed by atoms with Gasteiger partial charge in [-0.15, -0.1) is 0 Å². The van der Waals surface area contributed by atoms with Gasteiger partial charge in [0.15, 0.2) is 0 Å². The summed E-state index contributed by atoms with van der Waals surface area (Å²) >= 11 is 0. The molecule has 4 nitrogen and oxygen atoms in total. The van der Waals surface area contributed by atoms with E-state index in [1.807, 2.05) is 50.2 Å². The first-order chi connectivity index (χ1) is 9.63. The van der Waals surface area contributed by atoms with Crippen molar-refractivity contribution in [3.8, 4) is 0 Å². The predicted octanol–water partition coefficient (Wildman–Crippen LogP) is 2.75. The maximum absolute atomic E-state index is 6.38. The van der Waals surface area contributed by atoms with Gasteiger partial charge in [-0.25, -0.2) is 4.98 Å². The summed E-state index contributed by atoms with van der Waals surface area (Å²) in [7, 11) is 0. The molecule has 1 aromatic heterocycles. The summed E-state index contributed by atoms with van der Waals surface area (Å²) in [6.07, 6.45) is 1.51. The Hall–Kier alpha value is -1.91. The summed E-state index contributed by atoms with van der Waals surface area (Å²) in [6, 6.07) is 11.6. The van der Waals surface area contributed by atoms with Gasteiger partial charge >= 0.3 is 0 Å². The average molecular weight is 271 g/mol. The molecule has 2 unspecified atom stereocenters. The van der Waals surface area contributed by atoms with Crippen molar-refractivity contribution in [1.82, 2.24) is 4.98 Å². The van der Waals surface area contributed by atoms with E-state index in [1.54, 1.807) is 6.20 Å². The molecule has 0 fully saturated rings. The van der Waals surface area contributed by atoms with E-state index in [0.717, 1.165) is 16.7 Å². The summed E-state index contributed by atoms with van der Waals surface area (Å²) in [4.78, 5) is 4.18. The summed E-state index contributed by atoms with van der Waals surface area (Å²) in [6.45, 7) is 4.52. The number of hydrogen-bond donors (Lipinski definition) is 2. The lowest BCUT2D eigenvalue weighted by Crippen LogP contribution is -2.24. The van der Waals surface area contributed by atoms with Crippen molar-refractivity contribution in [3.63, 3.8) is 0 Å². The van der Waals surface area contributed by atoms with E-state index in [2.05, 4.69) is 4.98 Å². The fourth-order valence-corrected chi connectivity index (χ4v) is 2.26. The van der Waals surface area contributed by atoms with Crippen LogP contribution in [0.2, 0.25) is 0 Å². The number of aromatic nitrogens is 1. The monoisotopic (exact) mass is 271 g/mol. The Morgan fingerprint density at radius 3 is 2.60 bits per heavy atom. The highest BCUT2D eigenvalue weighted by Crippen LogP contribution is 2.32. The molecule has 2 atom stereocenters. The number of aryl methyl sites for hydroxylation is 1. The van der Waals surface area contributed by atoms with E-state index in [-0.39, 0.29) is 12.1 Å². The first kappa shape index (κ1) is 14.5. The minimum absolute atomic E-state index is 0.230. The molecule has 0 radical (unpaired) electrons. The molecular formula is C16H21N3O. The Balaban J connectivity index is 2.36. The van der Waals surface area contributed by atoms with Crippen LogP contribution < -0.4 is 11.5 Å². The molecule has 0 spiro atoms. The summed E-state index contributed by atoms with van der Waals surface area (Å²) in [5, 5.41) is 0. The van der Waals surface area contributed by atoms with Gasteiger partial charge in [-0.05, 0) is 31.0 Å². The second kappa shape index (κ2) is 6.50. The number of anilines is 1. The van der Waals surface area contributed by atoms with Crippen molar-refractivity contribution in [3.05, 3.63) is 59.3 Å². The van der Waals surface area contributed by atoms with Gasteiger partial charge in [-0.3, -0.25) is 0 Å². The van der Waals surface area contributed by atoms with Gasteiger partial charge in [-0.1, -0.05) is 30.3 Å². The fraction of sp³-hybridized carbons (Fsp3) is 0.312. The molecule has 106 valence electrons. The SMILES string of the molecule is CCOC(c1ccccc1)C(N)c1cc(C)cnc1N. The van der Waals surface area contributed by atoms with Crippen molar-refractivity contribution >= 4 is 5.82 Å². The van der Waals surface area contributed by atoms with E-state index in [9.17, 15) is 0 Å². The Morgan fingerprint density at radius 2 is 1.95 bits per heavy atom. The van der Waals surface area contributed by atoms with Gasteiger partial charge in [0.25, 0.3) is 0 Å². The Morgan fingerprint density at radius 1 is 1.25 bits per heavy atom. The second-order valence-corrected chi connectivity index (χ2v) is 4.80. The molecule has 4 heteroatoms. The normalized spacial score (nSPS) is 13.9. The maximum Gasteiger partial charge on any atom is 0.128 e. The molecule has 2 rings (SSSR count). The summed E-state index contributed by atoms with van der Waals surface area (Å²) < 4.78 is 5.83. The molecule has 1 aromatic carbocycles. The highest BCUT2D eigenvalue weighted by Gasteiger charge is 2.24. The van der Waals surface area contributed by atoms with Crippen LogP contribution in [0.4, 0.5) is 5.82 Å². The number of ether oxygens (including phenoxy) is 1. The molecule has 2 aromatic rings. The van der Waals surface area contributed by atoms with Gasteiger partial charge in [0.05, 0.1) is 6.04 Å². The summed E-state index contributed by atoms with van der Waals surface area (Å²) in [5.41, 5.74) is 15.2. The third-order valence-corrected chi connectivity index (χ3v) is 3.25. The number of nitrogens with zero attached hydrogens (tertiary/aromatic N) is 1. The van der Waals surface area contributed by atoms with Gasteiger partial charge in [0.1, 0.15) is 11.9 Å². The molecular weight excluding hydrogens is 250 g/mol. The van der Waals surface area contributed by atoms with Crippen LogP contribution in [-0.4, -0.2) is 11.6 Å². The second-order valence-electron chi connectivity index (χ2n) is 4.80. The van der Waals surface area contributed by atoms with Crippen molar-refractivity contribution < 1.29 is 4.74 Å². The first-order valence-corrected chi connectivity index (χ1v) is 6.77. The van der Waals surface area contributed by atoms with Crippen LogP contribution in [0.3, 0.4) is 0 Å². The highest BCUT2D eigenvalue weighted by molar-refractivity contribution is 5.44. The van der Waals surface area contributed by atoms with E-state index in [4.69, 9.17) is 16.2 Å². The lowest BCUT2D eigenvalue weighted by atomic mass is 9.96. The Bertz CT molecular complexity index is 557. The van der Waals surface area contributed by atoms with Crippen LogP contribution in [0, 0.1) is 6.92 Å². The Labute approximate surface area is 119 Å². The van der Waals surface area contributed by atoms with Crippen LogP contribution in [0.15, 0.2) is 42.6 Å². The molecule has 0 bridgehead atoms. The number of hydrogen-bond acceptors (Lipinski definition) is 4. The van der Waals surface area contributed by atoms with Gasteiger partial charge in [-0.2, -0.15) is 0 Å². The van der Waals surface area contributed by atoms with Crippen LogP contribution >= 0.6 is 0 Å². The molecule has 0 amide bonds. The van der Waals surface area contributed by atoms with E-state index < -0.39 is 0 Å². The number of nitrogen functional groups attached to an aromatic ring is 1. The highest BCUT2D eigenvalue weighted by atomic mass is 16.5. The van der Waals surface area contributed by atoms with Crippen LogP contribution in [0.25, 0.3) is 0 Å². The van der Waals surface area contributed by atoms with Crippen LogP contribution in [0.5, 0.6) is 0 Å². The largest absolute Gasteiger partial charge is 0.383 e. The zero-order valence-electron chi connectivity index (χ0n) is 11.9. The number of benzene rings is 1. The van der Waals surface area contributed by atoms with Crippen LogP contribution in [0.1, 0.15) is 35.8 Å². The number of pyridine rings is 1. The van der Waals surface area contributed by atoms with E-state index in [1.165, 1.54) is 0 Å². The Kier molecular flexibility index (Phi) is 4.71. The number of nitrogens with two attached hydrogens (primary N) is 2. The van der Waals surface area contributed by atoms with E-state index >= 15 is 0 Å². The minimum Gasteiger partial charge on any atom is -0.383 e. The molecule has 0 saturated carbocycles. The average Bonchev–Trinajstić information content (AvgIpc) is 2.47. The zero-order chi connectivity index (χ0) is 14.5. The quantitative estimate of drug-likeness (QED) is 0.877. The first-order valence-electron chi connectivity index (χ1n) is 6.77. The maximum atomic E-state index is 6.38.